The molecular formula is C25H22ClN5O5. The van der Waals surface area contributed by atoms with Crippen molar-refractivity contribution >= 4 is 28.5 Å². The standard InChI is InChI=1S/C25H22ClN5O5/c1-4-34-18-7-5-14(11-16(18)26)17-13-30-21-22(28(2)25(33)29(3)23(21)32)27-24(30)31(17)15-6-8-19-20(12-15)36-10-9-35-19/h5-8,11-13H,4,9-10H2,1-3H3. The number of hydrogen-bond donors (Lipinski definition) is 0. The van der Waals surface area contributed by atoms with E-state index in [2.05, 4.69) is 0 Å². The first-order chi connectivity index (χ1) is 17.4. The Morgan fingerprint density at radius 2 is 1.81 bits per heavy atom. The van der Waals surface area contributed by atoms with Crippen molar-refractivity contribution in [2.45, 2.75) is 6.92 Å². The molecule has 0 amide bonds. The predicted molar refractivity (Wildman–Crippen MR) is 135 cm³/mol. The molecule has 36 heavy (non-hydrogen) atoms. The summed E-state index contributed by atoms with van der Waals surface area (Å²) in [7, 11) is 3.05. The van der Waals surface area contributed by atoms with Gasteiger partial charge in [0.15, 0.2) is 22.7 Å². The molecule has 184 valence electrons. The van der Waals surface area contributed by atoms with Gasteiger partial charge in [-0.2, -0.15) is 4.98 Å². The van der Waals surface area contributed by atoms with Crippen LogP contribution in [-0.2, 0) is 14.1 Å². The summed E-state index contributed by atoms with van der Waals surface area (Å²) in [6.45, 7) is 3.32. The van der Waals surface area contributed by atoms with Crippen molar-refractivity contribution in [2.75, 3.05) is 19.8 Å². The third-order valence-corrected chi connectivity index (χ3v) is 6.57. The maximum absolute atomic E-state index is 13.1. The lowest BCUT2D eigenvalue weighted by Gasteiger charge is -2.19. The topological polar surface area (TPSA) is 93.9 Å². The van der Waals surface area contributed by atoms with Gasteiger partial charge in [-0.15, -0.1) is 0 Å². The van der Waals surface area contributed by atoms with Gasteiger partial charge in [0.1, 0.15) is 19.0 Å². The molecule has 11 heteroatoms. The molecule has 0 fully saturated rings. The van der Waals surface area contributed by atoms with E-state index < -0.39 is 11.2 Å². The predicted octanol–water partition coefficient (Wildman–Crippen LogP) is 3.17. The highest BCUT2D eigenvalue weighted by Crippen LogP contribution is 2.37. The Kier molecular flexibility index (Phi) is 5.08. The van der Waals surface area contributed by atoms with Crippen molar-refractivity contribution in [3.63, 3.8) is 0 Å². The fraction of sp³-hybridized carbons (Fsp3) is 0.240. The second kappa shape index (κ2) is 8.20. The second-order valence-electron chi connectivity index (χ2n) is 8.42. The molecule has 0 unspecified atom stereocenters. The summed E-state index contributed by atoms with van der Waals surface area (Å²) in [5.41, 5.74) is 1.97. The van der Waals surface area contributed by atoms with Crippen LogP contribution in [0.5, 0.6) is 17.2 Å². The lowest BCUT2D eigenvalue weighted by atomic mass is 10.1. The minimum Gasteiger partial charge on any atom is -0.492 e. The molecular weight excluding hydrogens is 486 g/mol. The highest BCUT2D eigenvalue weighted by atomic mass is 35.5. The molecule has 0 saturated heterocycles. The van der Waals surface area contributed by atoms with Crippen molar-refractivity contribution in [1.29, 1.82) is 0 Å². The summed E-state index contributed by atoms with van der Waals surface area (Å²) in [6, 6.07) is 11.1. The SMILES string of the molecule is CCOc1ccc(-c2cn3c4c(=O)n(C)c(=O)n(C)c4nc3n2-c2ccc3c(c2)OCCO3)cc1Cl. The Morgan fingerprint density at radius 3 is 2.56 bits per heavy atom. The van der Waals surface area contributed by atoms with Crippen molar-refractivity contribution in [3.8, 4) is 34.2 Å². The molecule has 0 atom stereocenters. The molecule has 0 bridgehead atoms. The molecule has 0 N–H and O–H groups in total. The molecule has 6 rings (SSSR count). The highest BCUT2D eigenvalue weighted by Gasteiger charge is 2.23. The zero-order valence-corrected chi connectivity index (χ0v) is 20.6. The van der Waals surface area contributed by atoms with E-state index in [-0.39, 0.29) is 0 Å². The summed E-state index contributed by atoms with van der Waals surface area (Å²) >= 11 is 6.52. The zero-order valence-electron chi connectivity index (χ0n) is 19.8. The lowest BCUT2D eigenvalue weighted by Crippen LogP contribution is -2.37. The first-order valence-corrected chi connectivity index (χ1v) is 11.8. The number of aromatic nitrogens is 5. The largest absolute Gasteiger partial charge is 0.492 e. The van der Waals surface area contributed by atoms with E-state index in [4.69, 9.17) is 30.8 Å². The maximum Gasteiger partial charge on any atom is 0.332 e. The van der Waals surface area contributed by atoms with E-state index in [1.165, 1.54) is 11.6 Å². The van der Waals surface area contributed by atoms with Crippen molar-refractivity contribution in [3.05, 3.63) is 68.5 Å². The van der Waals surface area contributed by atoms with Gasteiger partial charge in [0.25, 0.3) is 5.56 Å². The van der Waals surface area contributed by atoms with Crippen LogP contribution in [0.25, 0.3) is 33.9 Å². The van der Waals surface area contributed by atoms with Crippen LogP contribution < -0.4 is 25.5 Å². The van der Waals surface area contributed by atoms with Gasteiger partial charge in [0.2, 0.25) is 5.78 Å². The smallest absolute Gasteiger partial charge is 0.332 e. The van der Waals surface area contributed by atoms with E-state index in [1.54, 1.807) is 11.4 Å². The van der Waals surface area contributed by atoms with Gasteiger partial charge in [-0.05, 0) is 37.3 Å². The minimum atomic E-state index is -0.447. The molecule has 1 aliphatic rings. The summed E-state index contributed by atoms with van der Waals surface area (Å²) in [6.07, 6.45) is 1.82. The van der Waals surface area contributed by atoms with Crippen LogP contribution in [0.15, 0.2) is 52.2 Å². The third-order valence-electron chi connectivity index (χ3n) is 6.28. The van der Waals surface area contributed by atoms with E-state index in [9.17, 15) is 9.59 Å². The van der Waals surface area contributed by atoms with E-state index in [0.29, 0.717) is 59.0 Å². The number of ether oxygens (including phenoxy) is 3. The summed E-state index contributed by atoms with van der Waals surface area (Å²) in [5.74, 6) is 2.31. The van der Waals surface area contributed by atoms with Crippen LogP contribution in [0, 0.1) is 0 Å². The molecule has 4 heterocycles. The van der Waals surface area contributed by atoms with Crippen molar-refractivity contribution < 1.29 is 14.2 Å². The number of nitrogens with zero attached hydrogens (tertiary/aromatic N) is 5. The number of rotatable bonds is 4. The van der Waals surface area contributed by atoms with Crippen LogP contribution in [0.1, 0.15) is 6.92 Å². The first kappa shape index (κ1) is 22.3. The zero-order chi connectivity index (χ0) is 25.1. The molecule has 10 nitrogen and oxygen atoms in total. The number of hydrogen-bond acceptors (Lipinski definition) is 6. The maximum atomic E-state index is 13.1. The number of halogens is 1. The fourth-order valence-corrected chi connectivity index (χ4v) is 4.77. The van der Waals surface area contributed by atoms with Crippen LogP contribution in [0.4, 0.5) is 0 Å². The minimum absolute atomic E-state index is 0.292. The summed E-state index contributed by atoms with van der Waals surface area (Å²) in [5, 5.41) is 0.463. The van der Waals surface area contributed by atoms with Gasteiger partial charge in [-0.1, -0.05) is 11.6 Å². The van der Waals surface area contributed by atoms with E-state index in [0.717, 1.165) is 21.5 Å². The van der Waals surface area contributed by atoms with Gasteiger partial charge in [0, 0.05) is 31.9 Å². The van der Waals surface area contributed by atoms with Gasteiger partial charge in [-0.3, -0.25) is 22.9 Å². The van der Waals surface area contributed by atoms with Crippen molar-refractivity contribution in [1.82, 2.24) is 23.1 Å². The van der Waals surface area contributed by atoms with Crippen LogP contribution in [0.2, 0.25) is 5.02 Å². The van der Waals surface area contributed by atoms with Crippen LogP contribution >= 0.6 is 11.6 Å². The van der Waals surface area contributed by atoms with Crippen LogP contribution in [0.3, 0.4) is 0 Å². The summed E-state index contributed by atoms with van der Waals surface area (Å²) in [4.78, 5) is 30.4. The lowest BCUT2D eigenvalue weighted by molar-refractivity contribution is 0.171. The first-order valence-electron chi connectivity index (χ1n) is 11.4. The van der Waals surface area contributed by atoms with Gasteiger partial charge >= 0.3 is 5.69 Å². The summed E-state index contributed by atoms with van der Waals surface area (Å²) < 4.78 is 23.1. The molecule has 1 aliphatic heterocycles. The Labute approximate surface area is 209 Å². The van der Waals surface area contributed by atoms with Gasteiger partial charge < -0.3 is 14.2 Å². The fourth-order valence-electron chi connectivity index (χ4n) is 4.53. The normalized spacial score (nSPS) is 13.0. The average molecular weight is 508 g/mol. The average Bonchev–Trinajstić information content (AvgIpc) is 3.44. The molecule has 0 aliphatic carbocycles. The number of benzene rings is 2. The van der Waals surface area contributed by atoms with Gasteiger partial charge in [-0.25, -0.2) is 4.79 Å². The Morgan fingerprint density at radius 1 is 1.03 bits per heavy atom. The van der Waals surface area contributed by atoms with Crippen molar-refractivity contribution in [2.24, 2.45) is 14.1 Å². The molecule has 3 aromatic heterocycles. The van der Waals surface area contributed by atoms with Crippen LogP contribution in [-0.4, -0.2) is 42.9 Å². The second-order valence-corrected chi connectivity index (χ2v) is 8.82. The third kappa shape index (κ3) is 3.21. The Balaban J connectivity index is 1.69. The van der Waals surface area contributed by atoms with Gasteiger partial charge in [0.05, 0.1) is 23.0 Å². The molecule has 2 aromatic carbocycles. The van der Waals surface area contributed by atoms with E-state index in [1.807, 2.05) is 54.1 Å². The monoisotopic (exact) mass is 507 g/mol. The molecule has 0 saturated carbocycles. The number of aryl methyl sites for hydroxylation is 1. The Bertz CT molecular complexity index is 1800. The molecule has 5 aromatic rings. The number of fused-ring (bicyclic) bond motifs is 4. The quantitative estimate of drug-likeness (QED) is 0.371. The Hall–Kier alpha value is -4.18. The highest BCUT2D eigenvalue weighted by molar-refractivity contribution is 6.32. The molecule has 0 radical (unpaired) electrons. The number of imidazole rings is 2. The molecule has 0 spiro atoms. The van der Waals surface area contributed by atoms with E-state index >= 15 is 0 Å².